The van der Waals surface area contributed by atoms with Crippen molar-refractivity contribution >= 4 is 40.9 Å². The number of fused-ring (bicyclic) bond motifs is 1. The Kier molecular flexibility index (Phi) is 8.11. The maximum Gasteiger partial charge on any atom is 0.325 e. The largest absolute Gasteiger partial charge is 0.465 e. The van der Waals surface area contributed by atoms with Crippen LogP contribution in [-0.4, -0.2) is 29.6 Å². The summed E-state index contributed by atoms with van der Waals surface area (Å²) in [7, 11) is 0. The van der Waals surface area contributed by atoms with Crippen LogP contribution in [0.15, 0.2) is 30.5 Å². The average molecular weight is 382 g/mol. The van der Waals surface area contributed by atoms with Gasteiger partial charge in [0.15, 0.2) is 0 Å². The summed E-state index contributed by atoms with van der Waals surface area (Å²) in [5, 5.41) is 3.93. The number of amides is 1. The molecule has 0 fully saturated rings. The van der Waals surface area contributed by atoms with Crippen molar-refractivity contribution in [2.75, 3.05) is 18.5 Å². The fourth-order valence-electron chi connectivity index (χ4n) is 2.98. The van der Waals surface area contributed by atoms with Crippen molar-refractivity contribution in [1.82, 2.24) is 4.57 Å². The molecule has 0 radical (unpaired) electrons. The number of carbonyl (C=O) groups is 2. The van der Waals surface area contributed by atoms with Gasteiger partial charge >= 0.3 is 5.97 Å². The minimum absolute atomic E-state index is 0. The van der Waals surface area contributed by atoms with Gasteiger partial charge in [-0.3, -0.25) is 9.59 Å². The zero-order chi connectivity index (χ0) is 18.4. The number of anilines is 1. The second-order valence-electron chi connectivity index (χ2n) is 6.17. The average Bonchev–Trinajstić information content (AvgIpc) is 2.99. The summed E-state index contributed by atoms with van der Waals surface area (Å²) in [5.41, 5.74) is 6.95. The second kappa shape index (κ2) is 9.59. The molecule has 1 aromatic heterocycles. The molecule has 26 heavy (non-hydrogen) atoms. The molecular weight excluding hydrogens is 354 g/mol. The van der Waals surface area contributed by atoms with Gasteiger partial charge in [0, 0.05) is 29.3 Å². The van der Waals surface area contributed by atoms with Crippen LogP contribution in [0.5, 0.6) is 0 Å². The van der Waals surface area contributed by atoms with E-state index in [1.807, 2.05) is 48.9 Å². The van der Waals surface area contributed by atoms with Crippen LogP contribution >= 0.6 is 12.4 Å². The number of nitrogens with two attached hydrogens (primary N) is 1. The third kappa shape index (κ3) is 4.56. The summed E-state index contributed by atoms with van der Waals surface area (Å²) in [6.45, 7) is 6.61. The van der Waals surface area contributed by atoms with Crippen LogP contribution in [0.4, 0.5) is 5.69 Å². The summed E-state index contributed by atoms with van der Waals surface area (Å²) >= 11 is 0. The number of hydrogen-bond acceptors (Lipinski definition) is 4. The lowest BCUT2D eigenvalue weighted by Gasteiger charge is -2.28. The molecule has 6 nitrogen and oxygen atoms in total. The van der Waals surface area contributed by atoms with E-state index in [1.54, 1.807) is 6.92 Å². The Morgan fingerprint density at radius 2 is 1.88 bits per heavy atom. The fraction of sp³-hybridized carbons (Fsp3) is 0.474. The molecule has 0 aliphatic heterocycles. The third-order valence-corrected chi connectivity index (χ3v) is 4.86. The van der Waals surface area contributed by atoms with Gasteiger partial charge in [0.2, 0.25) is 5.91 Å². The van der Waals surface area contributed by atoms with Crippen LogP contribution in [0.25, 0.3) is 10.9 Å². The predicted octanol–water partition coefficient (Wildman–Crippen LogP) is 3.33. The van der Waals surface area contributed by atoms with Gasteiger partial charge in [0.05, 0.1) is 12.0 Å². The summed E-state index contributed by atoms with van der Waals surface area (Å²) in [5.74, 6) is -0.318. The molecule has 0 unspecified atom stereocenters. The smallest absolute Gasteiger partial charge is 0.325 e. The first kappa shape index (κ1) is 22.0. The van der Waals surface area contributed by atoms with Crippen molar-refractivity contribution in [2.24, 2.45) is 11.1 Å². The van der Waals surface area contributed by atoms with Crippen LogP contribution in [0.1, 0.15) is 33.6 Å². The van der Waals surface area contributed by atoms with Crippen LogP contribution in [0, 0.1) is 5.41 Å². The minimum atomic E-state index is -0.537. The number of rotatable bonds is 8. The minimum Gasteiger partial charge on any atom is -0.465 e. The van der Waals surface area contributed by atoms with Gasteiger partial charge in [-0.05, 0) is 44.0 Å². The Hall–Kier alpha value is -2.05. The Bertz CT molecular complexity index is 745. The highest BCUT2D eigenvalue weighted by Crippen LogP contribution is 2.28. The molecule has 2 aromatic rings. The van der Waals surface area contributed by atoms with Crippen molar-refractivity contribution in [1.29, 1.82) is 0 Å². The molecule has 1 amide bonds. The van der Waals surface area contributed by atoms with Gasteiger partial charge in [0.25, 0.3) is 0 Å². The van der Waals surface area contributed by atoms with Crippen LogP contribution < -0.4 is 11.1 Å². The first-order valence-electron chi connectivity index (χ1n) is 8.75. The lowest BCUT2D eigenvalue weighted by molar-refractivity contribution is -0.143. The van der Waals surface area contributed by atoms with Crippen molar-refractivity contribution in [2.45, 2.75) is 40.2 Å². The van der Waals surface area contributed by atoms with Crippen LogP contribution in [-0.2, 0) is 20.9 Å². The molecule has 0 saturated heterocycles. The van der Waals surface area contributed by atoms with Gasteiger partial charge in [0.1, 0.15) is 6.54 Å². The van der Waals surface area contributed by atoms with Gasteiger partial charge in [-0.2, -0.15) is 0 Å². The van der Waals surface area contributed by atoms with E-state index in [0.29, 0.717) is 26.0 Å². The van der Waals surface area contributed by atoms with Gasteiger partial charge < -0.3 is 20.4 Å². The van der Waals surface area contributed by atoms with Crippen LogP contribution in [0.2, 0.25) is 0 Å². The number of carbonyl (C=O) groups excluding carboxylic acids is 2. The molecule has 0 aliphatic rings. The summed E-state index contributed by atoms with van der Waals surface area (Å²) in [6, 6.07) is 7.56. The Labute approximate surface area is 160 Å². The van der Waals surface area contributed by atoms with E-state index in [0.717, 1.165) is 16.6 Å². The van der Waals surface area contributed by atoms with Crippen molar-refractivity contribution < 1.29 is 14.3 Å². The van der Waals surface area contributed by atoms with E-state index in [1.165, 1.54) is 0 Å². The summed E-state index contributed by atoms with van der Waals surface area (Å²) in [4.78, 5) is 24.3. The van der Waals surface area contributed by atoms with Crippen molar-refractivity contribution in [3.05, 3.63) is 30.5 Å². The lowest BCUT2D eigenvalue weighted by atomic mass is 9.81. The number of esters is 1. The molecule has 7 heteroatoms. The number of nitrogens with zero attached hydrogens (tertiary/aromatic N) is 1. The SMILES string of the molecule is CCOC(=O)Cn1ccc2cc(NC(=O)C(CC)(CC)CN)ccc21.Cl. The molecule has 1 aromatic carbocycles. The molecule has 1 heterocycles. The number of nitrogens with one attached hydrogen (secondary N) is 1. The molecule has 144 valence electrons. The summed E-state index contributed by atoms with van der Waals surface area (Å²) in [6.07, 6.45) is 3.24. The molecule has 0 bridgehead atoms. The lowest BCUT2D eigenvalue weighted by Crippen LogP contribution is -2.41. The first-order valence-corrected chi connectivity index (χ1v) is 8.75. The maximum atomic E-state index is 12.6. The highest BCUT2D eigenvalue weighted by atomic mass is 35.5. The highest BCUT2D eigenvalue weighted by Gasteiger charge is 2.33. The second-order valence-corrected chi connectivity index (χ2v) is 6.17. The zero-order valence-electron chi connectivity index (χ0n) is 15.6. The zero-order valence-corrected chi connectivity index (χ0v) is 16.4. The van der Waals surface area contributed by atoms with Gasteiger partial charge in [-0.15, -0.1) is 12.4 Å². The number of aromatic nitrogens is 1. The normalized spacial score (nSPS) is 11.1. The van der Waals surface area contributed by atoms with Gasteiger partial charge in [-0.25, -0.2) is 0 Å². The quantitative estimate of drug-likeness (QED) is 0.686. The molecule has 0 aliphatic carbocycles. The van der Waals surface area contributed by atoms with Crippen LogP contribution in [0.3, 0.4) is 0 Å². The molecule has 3 N–H and O–H groups in total. The maximum absolute atomic E-state index is 12.6. The molecule has 0 atom stereocenters. The van der Waals surface area contributed by atoms with Gasteiger partial charge in [-0.1, -0.05) is 13.8 Å². The number of ether oxygens (including phenoxy) is 1. The molecule has 0 saturated carbocycles. The number of benzene rings is 1. The molecule has 0 spiro atoms. The Morgan fingerprint density at radius 3 is 2.46 bits per heavy atom. The highest BCUT2D eigenvalue weighted by molar-refractivity contribution is 5.97. The number of hydrogen-bond donors (Lipinski definition) is 2. The monoisotopic (exact) mass is 381 g/mol. The Morgan fingerprint density at radius 1 is 1.19 bits per heavy atom. The van der Waals surface area contributed by atoms with E-state index in [-0.39, 0.29) is 30.8 Å². The van der Waals surface area contributed by atoms with Crippen molar-refractivity contribution in [3.63, 3.8) is 0 Å². The van der Waals surface area contributed by atoms with Crippen molar-refractivity contribution in [3.8, 4) is 0 Å². The predicted molar refractivity (Wildman–Crippen MR) is 107 cm³/mol. The first-order chi connectivity index (χ1) is 12.0. The standard InChI is InChI=1S/C19H27N3O3.ClH/c1-4-19(5-2,13-20)18(24)21-15-7-8-16-14(11-15)9-10-22(16)12-17(23)25-6-3;/h7-11H,4-6,12-13,20H2,1-3H3,(H,21,24);1H. The molecule has 2 rings (SSSR count). The number of halogens is 1. The fourth-order valence-corrected chi connectivity index (χ4v) is 2.98. The van der Waals surface area contributed by atoms with E-state index < -0.39 is 5.41 Å². The van der Waals surface area contributed by atoms with E-state index in [2.05, 4.69) is 5.32 Å². The Balaban J connectivity index is 0.00000338. The van der Waals surface area contributed by atoms with E-state index in [4.69, 9.17) is 10.5 Å². The van der Waals surface area contributed by atoms with E-state index >= 15 is 0 Å². The molecular formula is C19H28ClN3O3. The summed E-state index contributed by atoms with van der Waals surface area (Å²) < 4.78 is 6.82. The third-order valence-electron chi connectivity index (χ3n) is 4.86. The van der Waals surface area contributed by atoms with E-state index in [9.17, 15) is 9.59 Å². The topological polar surface area (TPSA) is 86.3 Å².